The summed E-state index contributed by atoms with van der Waals surface area (Å²) in [5.41, 5.74) is 7.08. The van der Waals surface area contributed by atoms with Crippen molar-refractivity contribution in [3.63, 3.8) is 0 Å². The predicted octanol–water partition coefficient (Wildman–Crippen LogP) is 2.35. The smallest absolute Gasteiger partial charge is 0.239 e. The second-order valence-electron chi connectivity index (χ2n) is 6.04. The molecule has 0 aliphatic carbocycles. The van der Waals surface area contributed by atoms with E-state index in [1.54, 1.807) is 0 Å². The zero-order valence-corrected chi connectivity index (χ0v) is 11.9. The molecule has 0 aromatic heterocycles. The highest BCUT2D eigenvalue weighted by Crippen LogP contribution is 2.25. The van der Waals surface area contributed by atoms with Gasteiger partial charge in [-0.3, -0.25) is 4.79 Å². The van der Waals surface area contributed by atoms with E-state index in [2.05, 4.69) is 38.1 Å². The summed E-state index contributed by atoms with van der Waals surface area (Å²) >= 11 is 0. The van der Waals surface area contributed by atoms with Gasteiger partial charge in [0, 0.05) is 12.1 Å². The van der Waals surface area contributed by atoms with Gasteiger partial charge in [-0.2, -0.15) is 0 Å². The lowest BCUT2D eigenvalue weighted by molar-refractivity contribution is -0.141. The van der Waals surface area contributed by atoms with Crippen LogP contribution in [0.2, 0.25) is 0 Å². The third-order valence-corrected chi connectivity index (χ3v) is 4.08. The molecule has 2 rings (SSSR count). The van der Waals surface area contributed by atoms with E-state index in [1.807, 2.05) is 11.0 Å². The SMILES string of the molecule is CC(C)(CCc1ccccc1)N1CCCC(N)C1=O. The zero-order chi connectivity index (χ0) is 13.9. The molecule has 1 atom stereocenters. The molecule has 0 saturated carbocycles. The topological polar surface area (TPSA) is 46.3 Å². The van der Waals surface area contributed by atoms with E-state index in [0.29, 0.717) is 0 Å². The number of hydrogen-bond donors (Lipinski definition) is 1. The standard InChI is InChI=1S/C16H24N2O/c1-16(2,11-10-13-7-4-3-5-8-13)18-12-6-9-14(17)15(18)19/h3-5,7-8,14H,6,9-12,17H2,1-2H3. The van der Waals surface area contributed by atoms with Gasteiger partial charge in [0.05, 0.1) is 6.04 Å². The highest BCUT2D eigenvalue weighted by atomic mass is 16.2. The van der Waals surface area contributed by atoms with Crippen LogP contribution in [-0.4, -0.2) is 28.9 Å². The maximum Gasteiger partial charge on any atom is 0.239 e. The Morgan fingerprint density at radius 2 is 2.00 bits per heavy atom. The molecule has 1 heterocycles. The molecule has 1 aliphatic heterocycles. The first-order chi connectivity index (χ1) is 9.00. The normalized spacial score (nSPS) is 20.7. The highest BCUT2D eigenvalue weighted by Gasteiger charge is 2.35. The van der Waals surface area contributed by atoms with Gasteiger partial charge in [0.2, 0.25) is 5.91 Å². The lowest BCUT2D eigenvalue weighted by atomic mass is 9.90. The number of carbonyl (C=O) groups excluding carboxylic acids is 1. The van der Waals surface area contributed by atoms with Gasteiger partial charge in [-0.05, 0) is 45.1 Å². The number of nitrogens with two attached hydrogens (primary N) is 1. The van der Waals surface area contributed by atoms with Crippen LogP contribution in [0.3, 0.4) is 0 Å². The van der Waals surface area contributed by atoms with Crippen LogP contribution in [0.5, 0.6) is 0 Å². The van der Waals surface area contributed by atoms with Crippen LogP contribution >= 0.6 is 0 Å². The summed E-state index contributed by atoms with van der Waals surface area (Å²) in [6.07, 6.45) is 3.80. The molecule has 2 N–H and O–H groups in total. The number of benzene rings is 1. The van der Waals surface area contributed by atoms with Crippen molar-refractivity contribution in [2.24, 2.45) is 5.73 Å². The van der Waals surface area contributed by atoms with E-state index in [-0.39, 0.29) is 17.5 Å². The van der Waals surface area contributed by atoms with E-state index >= 15 is 0 Å². The van der Waals surface area contributed by atoms with Crippen LogP contribution in [0.4, 0.5) is 0 Å². The number of likely N-dealkylation sites (tertiary alicyclic amines) is 1. The van der Waals surface area contributed by atoms with Gasteiger partial charge in [-0.1, -0.05) is 30.3 Å². The number of hydrogen-bond acceptors (Lipinski definition) is 2. The maximum absolute atomic E-state index is 12.2. The largest absolute Gasteiger partial charge is 0.336 e. The van der Waals surface area contributed by atoms with Crippen molar-refractivity contribution in [2.75, 3.05) is 6.54 Å². The summed E-state index contributed by atoms with van der Waals surface area (Å²) in [4.78, 5) is 14.2. The average molecular weight is 260 g/mol. The molecule has 0 radical (unpaired) electrons. The van der Waals surface area contributed by atoms with Crippen molar-refractivity contribution in [2.45, 2.75) is 51.1 Å². The molecule has 1 fully saturated rings. The summed E-state index contributed by atoms with van der Waals surface area (Å²) in [6.45, 7) is 5.13. The highest BCUT2D eigenvalue weighted by molar-refractivity contribution is 5.83. The number of rotatable bonds is 4. The van der Waals surface area contributed by atoms with Gasteiger partial charge in [-0.15, -0.1) is 0 Å². The second-order valence-corrected chi connectivity index (χ2v) is 6.04. The quantitative estimate of drug-likeness (QED) is 0.903. The molecular formula is C16H24N2O. The number of amides is 1. The van der Waals surface area contributed by atoms with E-state index in [1.165, 1.54) is 5.56 Å². The monoisotopic (exact) mass is 260 g/mol. The maximum atomic E-state index is 12.2. The van der Waals surface area contributed by atoms with Crippen molar-refractivity contribution < 1.29 is 4.79 Å². The van der Waals surface area contributed by atoms with E-state index in [9.17, 15) is 4.79 Å². The van der Waals surface area contributed by atoms with Gasteiger partial charge in [0.25, 0.3) is 0 Å². The van der Waals surface area contributed by atoms with Crippen LogP contribution in [0.25, 0.3) is 0 Å². The third-order valence-electron chi connectivity index (χ3n) is 4.08. The fourth-order valence-corrected chi connectivity index (χ4v) is 2.73. The minimum Gasteiger partial charge on any atom is -0.336 e. The van der Waals surface area contributed by atoms with E-state index < -0.39 is 0 Å². The van der Waals surface area contributed by atoms with Gasteiger partial charge >= 0.3 is 0 Å². The van der Waals surface area contributed by atoms with Gasteiger partial charge in [-0.25, -0.2) is 0 Å². The fourth-order valence-electron chi connectivity index (χ4n) is 2.73. The molecule has 1 unspecified atom stereocenters. The van der Waals surface area contributed by atoms with Gasteiger partial charge in [0.15, 0.2) is 0 Å². The van der Waals surface area contributed by atoms with Crippen molar-refractivity contribution in [1.82, 2.24) is 4.90 Å². The van der Waals surface area contributed by atoms with Crippen molar-refractivity contribution in [3.05, 3.63) is 35.9 Å². The first-order valence-corrected chi connectivity index (χ1v) is 7.12. The molecule has 1 aliphatic rings. The molecule has 1 aromatic carbocycles. The number of nitrogens with zero attached hydrogens (tertiary/aromatic N) is 1. The van der Waals surface area contributed by atoms with Crippen LogP contribution in [0.15, 0.2) is 30.3 Å². The molecule has 3 nitrogen and oxygen atoms in total. The average Bonchev–Trinajstić information content (AvgIpc) is 2.41. The number of aryl methyl sites for hydroxylation is 1. The molecule has 0 spiro atoms. The second kappa shape index (κ2) is 5.74. The Morgan fingerprint density at radius 1 is 1.32 bits per heavy atom. The summed E-state index contributed by atoms with van der Waals surface area (Å²) in [5.74, 6) is 0.115. The Bertz CT molecular complexity index is 428. The van der Waals surface area contributed by atoms with Crippen LogP contribution in [0.1, 0.15) is 38.7 Å². The minimum absolute atomic E-state index is 0.115. The summed E-state index contributed by atoms with van der Waals surface area (Å²) in [5, 5.41) is 0. The molecule has 1 aromatic rings. The minimum atomic E-state index is -0.301. The summed E-state index contributed by atoms with van der Waals surface area (Å²) in [7, 11) is 0. The Morgan fingerprint density at radius 3 is 2.68 bits per heavy atom. The molecule has 1 amide bonds. The van der Waals surface area contributed by atoms with Gasteiger partial charge in [0.1, 0.15) is 0 Å². The molecule has 0 bridgehead atoms. The van der Waals surface area contributed by atoms with Crippen molar-refractivity contribution >= 4 is 5.91 Å². The fraction of sp³-hybridized carbons (Fsp3) is 0.562. The van der Waals surface area contributed by atoms with Crippen molar-refractivity contribution in [1.29, 1.82) is 0 Å². The molecule has 19 heavy (non-hydrogen) atoms. The number of carbonyl (C=O) groups is 1. The lowest BCUT2D eigenvalue weighted by Crippen LogP contribution is -2.56. The Hall–Kier alpha value is -1.35. The van der Waals surface area contributed by atoms with Gasteiger partial charge < -0.3 is 10.6 Å². The van der Waals surface area contributed by atoms with Crippen LogP contribution in [0, 0.1) is 0 Å². The number of piperidine rings is 1. The summed E-state index contributed by atoms with van der Waals surface area (Å²) in [6, 6.07) is 10.1. The van der Waals surface area contributed by atoms with Crippen LogP contribution in [-0.2, 0) is 11.2 Å². The first kappa shape index (κ1) is 14.1. The van der Waals surface area contributed by atoms with E-state index in [4.69, 9.17) is 5.73 Å². The van der Waals surface area contributed by atoms with Crippen LogP contribution < -0.4 is 5.73 Å². The lowest BCUT2D eigenvalue weighted by Gasteiger charge is -2.43. The zero-order valence-electron chi connectivity index (χ0n) is 11.9. The predicted molar refractivity (Wildman–Crippen MR) is 77.8 cm³/mol. The molecule has 104 valence electrons. The Labute approximate surface area is 115 Å². The molecular weight excluding hydrogens is 236 g/mol. The Balaban J connectivity index is 1.99. The van der Waals surface area contributed by atoms with Crippen molar-refractivity contribution in [3.8, 4) is 0 Å². The summed E-state index contributed by atoms with van der Waals surface area (Å²) < 4.78 is 0. The molecule has 1 saturated heterocycles. The third kappa shape index (κ3) is 3.35. The molecule has 3 heteroatoms. The first-order valence-electron chi connectivity index (χ1n) is 7.12. The van der Waals surface area contributed by atoms with E-state index in [0.717, 1.165) is 32.2 Å². The Kier molecular flexibility index (Phi) is 4.25.